The van der Waals surface area contributed by atoms with E-state index in [0.717, 1.165) is 16.8 Å². The average Bonchev–Trinajstić information content (AvgIpc) is 2.56. The number of nitrogens with one attached hydrogen (secondary N) is 3. The van der Waals surface area contributed by atoms with E-state index in [2.05, 4.69) is 16.0 Å². The lowest BCUT2D eigenvalue weighted by Crippen LogP contribution is -2.52. The number of hydrogen-bond donors (Lipinski definition) is 3. The quantitative estimate of drug-likeness (QED) is 0.404. The molecule has 0 bridgehead atoms. The van der Waals surface area contributed by atoms with Crippen molar-refractivity contribution in [1.29, 1.82) is 0 Å². The second-order valence-corrected chi connectivity index (χ2v) is 7.19. The molecule has 0 heterocycles. The zero-order chi connectivity index (χ0) is 18.4. The lowest BCUT2D eigenvalue weighted by molar-refractivity contribution is 0.0936. The molecule has 2 aromatic carbocycles. The number of aryl methyl sites for hydroxylation is 2. The van der Waals surface area contributed by atoms with Crippen molar-refractivity contribution in [3.05, 3.63) is 65.2 Å². The maximum Gasteiger partial charge on any atom is 0.252 e. The highest BCUT2D eigenvalue weighted by Gasteiger charge is 2.21. The standard InChI is InChI=1S/C18H19Cl2N3OS/c1-11-3-7-13(8-4-11)17(24)22-16(15(19)20)23-18(25)21-14-9-5-12(2)6-10-14/h3-10,15-16H,1-2H3,(H,22,24)(H2,21,23,25)/t16-/m1/s1. The number of hydrogen-bond acceptors (Lipinski definition) is 2. The molecule has 0 aliphatic carbocycles. The van der Waals surface area contributed by atoms with Gasteiger partial charge < -0.3 is 16.0 Å². The number of carbonyl (C=O) groups excluding carboxylic acids is 1. The zero-order valence-electron chi connectivity index (χ0n) is 13.8. The Morgan fingerprint density at radius 2 is 1.44 bits per heavy atom. The highest BCUT2D eigenvalue weighted by molar-refractivity contribution is 7.80. The minimum atomic E-state index is -0.882. The molecule has 0 saturated heterocycles. The number of benzene rings is 2. The molecule has 0 saturated carbocycles. The SMILES string of the molecule is Cc1ccc(NC(=S)N[C@@H](NC(=O)c2ccc(C)cc2)C(Cl)Cl)cc1. The Bertz CT molecular complexity index is 733. The van der Waals surface area contributed by atoms with Crippen molar-refractivity contribution >= 4 is 52.1 Å². The zero-order valence-corrected chi connectivity index (χ0v) is 16.2. The largest absolute Gasteiger partial charge is 0.340 e. The number of halogens is 2. The predicted octanol–water partition coefficient (Wildman–Crippen LogP) is 4.15. The van der Waals surface area contributed by atoms with E-state index < -0.39 is 11.0 Å². The third-order valence-electron chi connectivity index (χ3n) is 3.45. The summed E-state index contributed by atoms with van der Waals surface area (Å²) >= 11 is 17.2. The molecule has 25 heavy (non-hydrogen) atoms. The molecule has 1 atom stereocenters. The highest BCUT2D eigenvalue weighted by Crippen LogP contribution is 2.11. The lowest BCUT2D eigenvalue weighted by Gasteiger charge is -2.23. The van der Waals surface area contributed by atoms with E-state index in [1.807, 2.05) is 50.2 Å². The van der Waals surface area contributed by atoms with Gasteiger partial charge in [-0.1, -0.05) is 35.4 Å². The van der Waals surface area contributed by atoms with Crippen molar-refractivity contribution in [3.63, 3.8) is 0 Å². The fourth-order valence-electron chi connectivity index (χ4n) is 2.04. The van der Waals surface area contributed by atoms with Gasteiger partial charge in [0.05, 0.1) is 0 Å². The monoisotopic (exact) mass is 395 g/mol. The van der Waals surface area contributed by atoms with E-state index in [9.17, 15) is 4.79 Å². The molecule has 7 heteroatoms. The Balaban J connectivity index is 1.97. The van der Waals surface area contributed by atoms with Crippen LogP contribution in [0.15, 0.2) is 48.5 Å². The minimum absolute atomic E-state index is 0.290. The molecule has 3 N–H and O–H groups in total. The number of alkyl halides is 2. The fraction of sp³-hybridized carbons (Fsp3) is 0.222. The van der Waals surface area contributed by atoms with Gasteiger partial charge in [0, 0.05) is 11.3 Å². The summed E-state index contributed by atoms with van der Waals surface area (Å²) < 4.78 is 0. The van der Waals surface area contributed by atoms with Gasteiger partial charge in [-0.2, -0.15) is 0 Å². The van der Waals surface area contributed by atoms with Crippen molar-refractivity contribution in [3.8, 4) is 0 Å². The maximum absolute atomic E-state index is 12.3. The molecule has 2 aromatic rings. The number of carbonyl (C=O) groups is 1. The number of thiocarbonyl (C=S) groups is 1. The Kier molecular flexibility index (Phi) is 7.05. The summed E-state index contributed by atoms with van der Waals surface area (Å²) in [5, 5.41) is 8.99. The Morgan fingerprint density at radius 3 is 1.96 bits per heavy atom. The van der Waals surface area contributed by atoms with Crippen LogP contribution < -0.4 is 16.0 Å². The van der Waals surface area contributed by atoms with Crippen LogP contribution in [0, 0.1) is 13.8 Å². The molecule has 2 rings (SSSR count). The third kappa shape index (κ3) is 6.20. The van der Waals surface area contributed by atoms with Crippen LogP contribution in [0.4, 0.5) is 5.69 Å². The molecule has 0 aliphatic heterocycles. The van der Waals surface area contributed by atoms with Crippen molar-refractivity contribution in [1.82, 2.24) is 10.6 Å². The molecule has 0 aromatic heterocycles. The van der Waals surface area contributed by atoms with Gasteiger partial charge in [-0.3, -0.25) is 4.79 Å². The summed E-state index contributed by atoms with van der Waals surface area (Å²) in [6.45, 7) is 3.96. The molecule has 0 radical (unpaired) electrons. The normalized spacial score (nSPS) is 11.7. The molecule has 0 aliphatic rings. The number of anilines is 1. The number of rotatable bonds is 5. The number of amides is 1. The smallest absolute Gasteiger partial charge is 0.252 e. The molecular weight excluding hydrogens is 377 g/mol. The van der Waals surface area contributed by atoms with Gasteiger partial charge >= 0.3 is 0 Å². The summed E-state index contributed by atoms with van der Waals surface area (Å²) in [6.07, 6.45) is -0.734. The van der Waals surface area contributed by atoms with Gasteiger partial charge in [-0.15, -0.1) is 23.2 Å². The highest BCUT2D eigenvalue weighted by atomic mass is 35.5. The molecular formula is C18H19Cl2N3OS. The van der Waals surface area contributed by atoms with Crippen molar-refractivity contribution < 1.29 is 4.79 Å². The van der Waals surface area contributed by atoms with Crippen LogP contribution in [0.1, 0.15) is 21.5 Å². The second kappa shape index (κ2) is 9.04. The Labute approximate surface area is 162 Å². The van der Waals surface area contributed by atoms with E-state index in [1.165, 1.54) is 0 Å². The van der Waals surface area contributed by atoms with Gasteiger partial charge in [0.1, 0.15) is 11.0 Å². The van der Waals surface area contributed by atoms with Crippen LogP contribution >= 0.6 is 35.4 Å². The van der Waals surface area contributed by atoms with E-state index in [4.69, 9.17) is 35.4 Å². The second-order valence-electron chi connectivity index (χ2n) is 5.62. The van der Waals surface area contributed by atoms with Crippen LogP contribution in [0.2, 0.25) is 0 Å². The summed E-state index contributed by atoms with van der Waals surface area (Å²) in [4.78, 5) is 11.4. The molecule has 0 unspecified atom stereocenters. The maximum atomic E-state index is 12.3. The van der Waals surface area contributed by atoms with Crippen LogP contribution in [0.25, 0.3) is 0 Å². The van der Waals surface area contributed by atoms with E-state index >= 15 is 0 Å². The summed E-state index contributed by atoms with van der Waals surface area (Å²) in [5.41, 5.74) is 3.56. The van der Waals surface area contributed by atoms with Gasteiger partial charge in [0.2, 0.25) is 0 Å². The molecule has 1 amide bonds. The van der Waals surface area contributed by atoms with Crippen LogP contribution in [-0.2, 0) is 0 Å². The van der Waals surface area contributed by atoms with Gasteiger partial charge in [-0.05, 0) is 50.3 Å². The first-order valence-electron chi connectivity index (χ1n) is 7.65. The van der Waals surface area contributed by atoms with Gasteiger partial charge in [0.25, 0.3) is 5.91 Å². The summed E-state index contributed by atoms with van der Waals surface area (Å²) in [6, 6.07) is 14.9. The van der Waals surface area contributed by atoms with Crippen LogP contribution in [0.5, 0.6) is 0 Å². The minimum Gasteiger partial charge on any atom is -0.340 e. The van der Waals surface area contributed by atoms with Gasteiger partial charge in [0.15, 0.2) is 5.11 Å². The molecule has 0 spiro atoms. The summed E-state index contributed by atoms with van der Waals surface area (Å²) in [5.74, 6) is -0.290. The lowest BCUT2D eigenvalue weighted by atomic mass is 10.1. The third-order valence-corrected chi connectivity index (χ3v) is 4.17. The first kappa shape index (κ1) is 19.5. The van der Waals surface area contributed by atoms with Gasteiger partial charge in [-0.25, -0.2) is 0 Å². The first-order chi connectivity index (χ1) is 11.8. The predicted molar refractivity (Wildman–Crippen MR) is 108 cm³/mol. The van der Waals surface area contributed by atoms with Crippen molar-refractivity contribution in [2.75, 3.05) is 5.32 Å². The Hall–Kier alpha value is -1.82. The fourth-order valence-corrected chi connectivity index (χ4v) is 2.53. The van der Waals surface area contributed by atoms with Crippen molar-refractivity contribution in [2.45, 2.75) is 24.8 Å². The average molecular weight is 396 g/mol. The van der Waals surface area contributed by atoms with E-state index in [-0.39, 0.29) is 5.91 Å². The topological polar surface area (TPSA) is 53.2 Å². The van der Waals surface area contributed by atoms with Crippen LogP contribution in [-0.4, -0.2) is 22.0 Å². The Morgan fingerprint density at radius 1 is 0.920 bits per heavy atom. The van der Waals surface area contributed by atoms with Crippen molar-refractivity contribution in [2.24, 2.45) is 0 Å². The molecule has 132 valence electrons. The van der Waals surface area contributed by atoms with Crippen LogP contribution in [0.3, 0.4) is 0 Å². The van der Waals surface area contributed by atoms with E-state index in [0.29, 0.717) is 10.7 Å². The first-order valence-corrected chi connectivity index (χ1v) is 8.93. The van der Waals surface area contributed by atoms with E-state index in [1.54, 1.807) is 12.1 Å². The molecule has 0 fully saturated rings. The summed E-state index contributed by atoms with van der Waals surface area (Å²) in [7, 11) is 0. The molecule has 4 nitrogen and oxygen atoms in total.